The van der Waals surface area contributed by atoms with Crippen molar-refractivity contribution in [2.24, 2.45) is 0 Å². The van der Waals surface area contributed by atoms with Gasteiger partial charge in [-0.05, 0) is 30.5 Å². The van der Waals surface area contributed by atoms with Crippen LogP contribution in [0.15, 0.2) is 44.4 Å². The summed E-state index contributed by atoms with van der Waals surface area (Å²) in [5, 5.41) is 4.33. The molecule has 108 valence electrons. The van der Waals surface area contributed by atoms with Crippen LogP contribution in [0.4, 0.5) is 0 Å². The zero-order valence-corrected chi connectivity index (χ0v) is 13.7. The first-order valence-electron chi connectivity index (χ1n) is 6.68. The van der Waals surface area contributed by atoms with Gasteiger partial charge >= 0.3 is 0 Å². The van der Waals surface area contributed by atoms with Crippen molar-refractivity contribution in [2.75, 3.05) is 0 Å². The average Bonchev–Trinajstić information content (AvgIpc) is 2.82. The monoisotopic (exact) mass is 317 g/mol. The summed E-state index contributed by atoms with van der Waals surface area (Å²) in [5.74, 6) is 0.525. The fourth-order valence-electron chi connectivity index (χ4n) is 1.97. The molecule has 0 bridgehead atoms. The lowest BCUT2D eigenvalue weighted by atomic mass is 10.0. The minimum atomic E-state index is -0.129. The van der Waals surface area contributed by atoms with Crippen LogP contribution < -0.4 is 5.56 Å². The molecule has 0 aliphatic carbocycles. The molecule has 2 aromatic heterocycles. The number of hydrogen-bond donors (Lipinski definition) is 0. The molecule has 0 amide bonds. The number of nitrogens with zero attached hydrogens (tertiary/aromatic N) is 3. The molecule has 0 fully saturated rings. The Hall–Kier alpha value is -1.66. The first-order chi connectivity index (χ1) is 10.0. The zero-order chi connectivity index (χ0) is 15.0. The average molecular weight is 317 g/mol. The third-order valence-corrected chi connectivity index (χ3v) is 5.07. The van der Waals surface area contributed by atoms with E-state index >= 15 is 0 Å². The molecule has 0 aliphatic heterocycles. The molecule has 0 saturated heterocycles. The van der Waals surface area contributed by atoms with Crippen LogP contribution in [0.1, 0.15) is 31.0 Å². The van der Waals surface area contributed by atoms with Crippen molar-refractivity contribution in [1.82, 2.24) is 14.6 Å². The van der Waals surface area contributed by atoms with Crippen molar-refractivity contribution < 1.29 is 0 Å². The first-order valence-corrected chi connectivity index (χ1v) is 8.31. The number of hydrogen-bond acceptors (Lipinski definition) is 5. The van der Waals surface area contributed by atoms with Crippen molar-refractivity contribution in [3.63, 3.8) is 0 Å². The maximum Gasteiger partial charge on any atom is 0.275 e. The Labute approximate surface area is 130 Å². The summed E-state index contributed by atoms with van der Waals surface area (Å²) in [4.78, 5) is 17.9. The molecule has 4 nitrogen and oxygen atoms in total. The highest BCUT2D eigenvalue weighted by Crippen LogP contribution is 2.31. The lowest BCUT2D eigenvalue weighted by molar-refractivity contribution is 0.850. The van der Waals surface area contributed by atoms with E-state index in [2.05, 4.69) is 48.2 Å². The van der Waals surface area contributed by atoms with E-state index in [0.29, 0.717) is 10.9 Å². The SMILES string of the molecule is Cc1cc(=O)n2nc(Sc3ccc(C(C)C)cc3)sc2n1. The van der Waals surface area contributed by atoms with E-state index in [0.717, 1.165) is 14.9 Å². The summed E-state index contributed by atoms with van der Waals surface area (Å²) < 4.78 is 2.19. The second-order valence-electron chi connectivity index (χ2n) is 5.12. The molecule has 0 saturated carbocycles. The van der Waals surface area contributed by atoms with Gasteiger partial charge in [-0.1, -0.05) is 49.1 Å². The molecule has 1 aromatic carbocycles. The molecular formula is C15H15N3OS2. The van der Waals surface area contributed by atoms with Crippen molar-refractivity contribution >= 4 is 28.1 Å². The molecule has 0 N–H and O–H groups in total. The minimum absolute atomic E-state index is 0.129. The highest BCUT2D eigenvalue weighted by molar-refractivity contribution is 8.01. The zero-order valence-electron chi connectivity index (χ0n) is 12.0. The fraction of sp³-hybridized carbons (Fsp3) is 0.267. The molecule has 0 spiro atoms. The second-order valence-corrected chi connectivity index (χ2v) is 7.40. The van der Waals surface area contributed by atoms with Crippen LogP contribution in [0.3, 0.4) is 0 Å². The van der Waals surface area contributed by atoms with Gasteiger partial charge in [0.05, 0.1) is 0 Å². The number of rotatable bonds is 3. The van der Waals surface area contributed by atoms with E-state index in [1.807, 2.05) is 6.92 Å². The summed E-state index contributed by atoms with van der Waals surface area (Å²) in [5.41, 5.74) is 1.91. The third kappa shape index (κ3) is 3.01. The molecule has 0 atom stereocenters. The van der Waals surface area contributed by atoms with E-state index in [1.165, 1.54) is 27.5 Å². The molecule has 6 heteroatoms. The highest BCUT2D eigenvalue weighted by atomic mass is 32.2. The number of aromatic nitrogens is 3. The van der Waals surface area contributed by atoms with Crippen molar-refractivity contribution in [3.05, 3.63) is 51.9 Å². The van der Waals surface area contributed by atoms with Gasteiger partial charge in [0.15, 0.2) is 4.34 Å². The maximum atomic E-state index is 11.8. The Kier molecular flexibility index (Phi) is 3.82. The summed E-state index contributed by atoms with van der Waals surface area (Å²) in [7, 11) is 0. The molecule has 0 radical (unpaired) electrons. The van der Waals surface area contributed by atoms with Crippen LogP contribution in [-0.4, -0.2) is 14.6 Å². The van der Waals surface area contributed by atoms with Crippen molar-refractivity contribution in [3.8, 4) is 0 Å². The van der Waals surface area contributed by atoms with Crippen LogP contribution in [0.2, 0.25) is 0 Å². The predicted molar refractivity (Wildman–Crippen MR) is 86.5 cm³/mol. The normalized spacial score (nSPS) is 11.4. The van der Waals surface area contributed by atoms with E-state index in [9.17, 15) is 4.79 Å². The van der Waals surface area contributed by atoms with Crippen LogP contribution in [0.25, 0.3) is 4.96 Å². The smallest absolute Gasteiger partial charge is 0.267 e. The summed E-state index contributed by atoms with van der Waals surface area (Å²) in [6.45, 7) is 6.17. The summed E-state index contributed by atoms with van der Waals surface area (Å²) in [6.07, 6.45) is 0. The van der Waals surface area contributed by atoms with Gasteiger partial charge in [0.1, 0.15) is 0 Å². The van der Waals surface area contributed by atoms with E-state index < -0.39 is 0 Å². The summed E-state index contributed by atoms with van der Waals surface area (Å²) in [6, 6.07) is 9.95. The lowest BCUT2D eigenvalue weighted by Gasteiger charge is -2.05. The van der Waals surface area contributed by atoms with Gasteiger partial charge in [-0.3, -0.25) is 4.79 Å². The van der Waals surface area contributed by atoms with Crippen LogP contribution >= 0.6 is 23.1 Å². The molecular weight excluding hydrogens is 302 g/mol. The molecule has 2 heterocycles. The van der Waals surface area contributed by atoms with E-state index in [4.69, 9.17) is 0 Å². The predicted octanol–water partition coefficient (Wildman–Crippen LogP) is 3.73. The van der Waals surface area contributed by atoms with E-state index in [1.54, 1.807) is 11.8 Å². The van der Waals surface area contributed by atoms with Gasteiger partial charge in [-0.15, -0.1) is 5.10 Å². The maximum absolute atomic E-state index is 11.8. The summed E-state index contributed by atoms with van der Waals surface area (Å²) >= 11 is 2.99. The Balaban J connectivity index is 1.91. The standard InChI is InChI=1S/C15H15N3OS2/c1-9(2)11-4-6-12(7-5-11)20-15-17-18-13(19)8-10(3)16-14(18)21-15/h4-9H,1-3H3. The van der Waals surface area contributed by atoms with Gasteiger partial charge in [0.25, 0.3) is 5.56 Å². The van der Waals surface area contributed by atoms with Crippen molar-refractivity contribution in [1.29, 1.82) is 0 Å². The Morgan fingerprint density at radius 1 is 1.24 bits per heavy atom. The number of aryl methyl sites for hydroxylation is 1. The molecule has 0 unspecified atom stereocenters. The van der Waals surface area contributed by atoms with Gasteiger partial charge in [-0.2, -0.15) is 4.52 Å². The Morgan fingerprint density at radius 2 is 1.95 bits per heavy atom. The third-order valence-electron chi connectivity index (χ3n) is 3.11. The Morgan fingerprint density at radius 3 is 2.62 bits per heavy atom. The van der Waals surface area contributed by atoms with Gasteiger partial charge in [-0.25, -0.2) is 4.98 Å². The van der Waals surface area contributed by atoms with Crippen LogP contribution in [0.5, 0.6) is 0 Å². The van der Waals surface area contributed by atoms with Gasteiger partial charge in [0, 0.05) is 16.7 Å². The Bertz CT molecular complexity index is 834. The van der Waals surface area contributed by atoms with Crippen LogP contribution in [0, 0.1) is 6.92 Å². The second kappa shape index (κ2) is 5.61. The fourth-order valence-corrected chi connectivity index (χ4v) is 3.93. The first kappa shape index (κ1) is 14.3. The number of fused-ring (bicyclic) bond motifs is 1. The van der Waals surface area contributed by atoms with Gasteiger partial charge < -0.3 is 0 Å². The van der Waals surface area contributed by atoms with Gasteiger partial charge in [0.2, 0.25) is 4.96 Å². The topological polar surface area (TPSA) is 47.3 Å². The van der Waals surface area contributed by atoms with Crippen LogP contribution in [-0.2, 0) is 0 Å². The lowest BCUT2D eigenvalue weighted by Crippen LogP contribution is -2.14. The quantitative estimate of drug-likeness (QED) is 0.738. The van der Waals surface area contributed by atoms with E-state index in [-0.39, 0.29) is 5.56 Å². The number of benzene rings is 1. The molecule has 0 aliphatic rings. The highest BCUT2D eigenvalue weighted by Gasteiger charge is 2.09. The van der Waals surface area contributed by atoms with Crippen molar-refractivity contribution in [2.45, 2.75) is 35.9 Å². The molecule has 21 heavy (non-hydrogen) atoms. The minimum Gasteiger partial charge on any atom is -0.267 e. The molecule has 3 rings (SSSR count). The molecule has 3 aromatic rings. The largest absolute Gasteiger partial charge is 0.275 e.